The van der Waals surface area contributed by atoms with E-state index in [2.05, 4.69) is 51.0 Å². The van der Waals surface area contributed by atoms with Crippen LogP contribution in [0, 0.1) is 6.92 Å². The number of aromatic amines is 1. The van der Waals surface area contributed by atoms with Crippen LogP contribution in [0.4, 0.5) is 0 Å². The predicted molar refractivity (Wildman–Crippen MR) is 102 cm³/mol. The van der Waals surface area contributed by atoms with Gasteiger partial charge in [0.15, 0.2) is 0 Å². The molecule has 4 rings (SSSR count). The van der Waals surface area contributed by atoms with Crippen LogP contribution in [-0.4, -0.2) is 40.1 Å². The number of H-pyrrole nitrogens is 1. The maximum Gasteiger partial charge on any atom is 0.121 e. The molecule has 1 atom stereocenters. The number of aryl methyl sites for hydroxylation is 1. The summed E-state index contributed by atoms with van der Waals surface area (Å²) in [6.07, 6.45) is 6.80. The third-order valence-corrected chi connectivity index (χ3v) is 5.15. The molecule has 26 heavy (non-hydrogen) atoms. The molecular weight excluding hydrogens is 324 g/mol. The lowest BCUT2D eigenvalue weighted by atomic mass is 9.97. The van der Waals surface area contributed by atoms with Gasteiger partial charge in [-0.3, -0.25) is 9.88 Å². The van der Waals surface area contributed by atoms with Gasteiger partial charge in [0.25, 0.3) is 0 Å². The van der Waals surface area contributed by atoms with Crippen molar-refractivity contribution in [3.8, 4) is 17.0 Å². The highest BCUT2D eigenvalue weighted by Gasteiger charge is 2.24. The highest BCUT2D eigenvalue weighted by molar-refractivity contribution is 5.62. The first-order valence-electron chi connectivity index (χ1n) is 9.04. The maximum atomic E-state index is 5.36. The Kier molecular flexibility index (Phi) is 4.71. The molecule has 0 radical (unpaired) electrons. The number of nitrogens with one attached hydrogen (secondary N) is 1. The predicted octanol–water partition coefficient (Wildman–Crippen LogP) is 3.78. The molecule has 3 aromatic rings. The van der Waals surface area contributed by atoms with E-state index in [1.165, 1.54) is 12.0 Å². The molecule has 0 aliphatic carbocycles. The van der Waals surface area contributed by atoms with Gasteiger partial charge in [-0.05, 0) is 67.3 Å². The molecule has 0 saturated carbocycles. The Morgan fingerprint density at radius 3 is 2.88 bits per heavy atom. The van der Waals surface area contributed by atoms with Crippen LogP contribution in [0.2, 0.25) is 0 Å². The lowest BCUT2D eigenvalue weighted by molar-refractivity contribution is 0.319. The topological polar surface area (TPSA) is 54.0 Å². The molecule has 134 valence electrons. The number of pyridine rings is 1. The van der Waals surface area contributed by atoms with Gasteiger partial charge < -0.3 is 9.72 Å². The second-order valence-electron chi connectivity index (χ2n) is 6.92. The van der Waals surface area contributed by atoms with Crippen molar-refractivity contribution in [3.05, 3.63) is 65.9 Å². The number of ether oxygens (including phenoxy) is 1. The third kappa shape index (κ3) is 3.48. The number of rotatable bonds is 5. The van der Waals surface area contributed by atoms with Gasteiger partial charge in [-0.15, -0.1) is 0 Å². The number of benzene rings is 1. The SMILES string of the molecule is COc1ccc(-c2cc([C@@H]3CCN(Cc4ncc[nH]4)C3)ccn2)cc1C. The molecule has 0 spiro atoms. The van der Waals surface area contributed by atoms with Crippen molar-refractivity contribution in [3.63, 3.8) is 0 Å². The molecule has 5 nitrogen and oxygen atoms in total. The van der Waals surface area contributed by atoms with Crippen molar-refractivity contribution in [1.82, 2.24) is 19.9 Å². The van der Waals surface area contributed by atoms with E-state index in [4.69, 9.17) is 4.74 Å². The van der Waals surface area contributed by atoms with E-state index in [1.807, 2.05) is 24.7 Å². The Bertz CT molecular complexity index is 875. The molecule has 1 N–H and O–H groups in total. The number of nitrogens with zero attached hydrogens (tertiary/aromatic N) is 3. The maximum absolute atomic E-state index is 5.36. The Labute approximate surface area is 154 Å². The first kappa shape index (κ1) is 16.8. The van der Waals surface area contributed by atoms with Crippen LogP contribution in [-0.2, 0) is 6.54 Å². The lowest BCUT2D eigenvalue weighted by Gasteiger charge is -2.15. The van der Waals surface area contributed by atoms with Crippen LogP contribution in [0.1, 0.15) is 29.3 Å². The van der Waals surface area contributed by atoms with E-state index < -0.39 is 0 Å². The molecule has 0 bridgehead atoms. The Balaban J connectivity index is 1.50. The number of hydrogen-bond donors (Lipinski definition) is 1. The van der Waals surface area contributed by atoms with Crippen molar-refractivity contribution in [2.75, 3.05) is 20.2 Å². The molecule has 1 saturated heterocycles. The normalized spacial score (nSPS) is 17.5. The van der Waals surface area contributed by atoms with E-state index in [-0.39, 0.29) is 0 Å². The van der Waals surface area contributed by atoms with Crippen LogP contribution < -0.4 is 4.74 Å². The molecule has 2 aromatic heterocycles. The summed E-state index contributed by atoms with van der Waals surface area (Å²) in [6.45, 7) is 5.12. The molecule has 1 aliphatic heterocycles. The Morgan fingerprint density at radius 2 is 2.12 bits per heavy atom. The Morgan fingerprint density at radius 1 is 1.19 bits per heavy atom. The number of hydrogen-bond acceptors (Lipinski definition) is 4. The zero-order chi connectivity index (χ0) is 17.9. The summed E-state index contributed by atoms with van der Waals surface area (Å²) in [5.74, 6) is 2.50. The summed E-state index contributed by atoms with van der Waals surface area (Å²) in [6, 6.07) is 10.6. The molecule has 1 fully saturated rings. The van der Waals surface area contributed by atoms with E-state index in [9.17, 15) is 0 Å². The minimum Gasteiger partial charge on any atom is -0.496 e. The summed E-state index contributed by atoms with van der Waals surface area (Å²) >= 11 is 0. The van der Waals surface area contributed by atoms with Crippen molar-refractivity contribution < 1.29 is 4.74 Å². The molecule has 1 aliphatic rings. The van der Waals surface area contributed by atoms with Crippen molar-refractivity contribution in [2.24, 2.45) is 0 Å². The highest BCUT2D eigenvalue weighted by atomic mass is 16.5. The highest BCUT2D eigenvalue weighted by Crippen LogP contribution is 2.31. The second-order valence-corrected chi connectivity index (χ2v) is 6.92. The molecule has 0 unspecified atom stereocenters. The first-order chi connectivity index (χ1) is 12.7. The third-order valence-electron chi connectivity index (χ3n) is 5.15. The summed E-state index contributed by atoms with van der Waals surface area (Å²) in [4.78, 5) is 14.6. The molecule has 0 amide bonds. The van der Waals surface area contributed by atoms with Gasteiger partial charge in [-0.1, -0.05) is 0 Å². The Hall–Kier alpha value is -2.66. The second kappa shape index (κ2) is 7.30. The monoisotopic (exact) mass is 348 g/mol. The van der Waals surface area contributed by atoms with Crippen LogP contribution in [0.3, 0.4) is 0 Å². The number of likely N-dealkylation sites (tertiary alicyclic amines) is 1. The van der Waals surface area contributed by atoms with Crippen LogP contribution in [0.25, 0.3) is 11.3 Å². The standard InChI is InChI=1S/C21H24N4O/c1-15-11-17(3-4-20(15)26-2)19-12-16(5-7-22-19)18-6-10-25(13-18)14-21-23-8-9-24-21/h3-5,7-9,11-12,18H,6,10,13-14H2,1-2H3,(H,23,24)/t18-/m1/s1. The zero-order valence-electron chi connectivity index (χ0n) is 15.3. The fourth-order valence-electron chi connectivity index (χ4n) is 3.74. The van der Waals surface area contributed by atoms with E-state index in [0.29, 0.717) is 5.92 Å². The van der Waals surface area contributed by atoms with Crippen molar-refractivity contribution in [2.45, 2.75) is 25.8 Å². The van der Waals surface area contributed by atoms with E-state index in [0.717, 1.165) is 48.0 Å². The average Bonchev–Trinajstić information content (AvgIpc) is 3.34. The summed E-state index contributed by atoms with van der Waals surface area (Å²) in [5.41, 5.74) is 4.65. The van der Waals surface area contributed by atoms with Crippen molar-refractivity contribution in [1.29, 1.82) is 0 Å². The number of aromatic nitrogens is 3. The van der Waals surface area contributed by atoms with Gasteiger partial charge in [0.05, 0.1) is 19.3 Å². The minimum absolute atomic E-state index is 0.547. The van der Waals surface area contributed by atoms with Crippen LogP contribution >= 0.6 is 0 Å². The summed E-state index contributed by atoms with van der Waals surface area (Å²) in [5, 5.41) is 0. The minimum atomic E-state index is 0.547. The fourth-order valence-corrected chi connectivity index (χ4v) is 3.74. The average molecular weight is 348 g/mol. The van der Waals surface area contributed by atoms with Crippen molar-refractivity contribution >= 4 is 0 Å². The summed E-state index contributed by atoms with van der Waals surface area (Å²) < 4.78 is 5.36. The lowest BCUT2D eigenvalue weighted by Crippen LogP contribution is -2.20. The van der Waals surface area contributed by atoms with Gasteiger partial charge in [0.2, 0.25) is 0 Å². The van der Waals surface area contributed by atoms with Gasteiger partial charge in [-0.2, -0.15) is 0 Å². The largest absolute Gasteiger partial charge is 0.496 e. The fraction of sp³-hybridized carbons (Fsp3) is 0.333. The first-order valence-corrected chi connectivity index (χ1v) is 9.04. The number of imidazole rings is 1. The smallest absolute Gasteiger partial charge is 0.121 e. The van der Waals surface area contributed by atoms with Crippen LogP contribution in [0.15, 0.2) is 48.9 Å². The molecule has 3 heterocycles. The molecular formula is C21H24N4O. The van der Waals surface area contributed by atoms with Gasteiger partial charge >= 0.3 is 0 Å². The van der Waals surface area contributed by atoms with Gasteiger partial charge in [0.1, 0.15) is 11.6 Å². The van der Waals surface area contributed by atoms with Gasteiger partial charge in [-0.25, -0.2) is 4.98 Å². The van der Waals surface area contributed by atoms with Crippen LogP contribution in [0.5, 0.6) is 5.75 Å². The van der Waals surface area contributed by atoms with E-state index >= 15 is 0 Å². The quantitative estimate of drug-likeness (QED) is 0.762. The summed E-state index contributed by atoms with van der Waals surface area (Å²) in [7, 11) is 1.70. The molecule has 5 heteroatoms. The molecule has 1 aromatic carbocycles. The zero-order valence-corrected chi connectivity index (χ0v) is 15.3. The van der Waals surface area contributed by atoms with Gasteiger partial charge in [0, 0.05) is 30.7 Å². The number of methoxy groups -OCH3 is 1. The van der Waals surface area contributed by atoms with E-state index in [1.54, 1.807) is 7.11 Å².